The molecule has 7 nitrogen and oxygen atoms in total. The molecule has 2 aromatic rings. The molecule has 0 aromatic carbocycles. The highest BCUT2D eigenvalue weighted by molar-refractivity contribution is 5.42. The van der Waals surface area contributed by atoms with E-state index < -0.39 is 0 Å². The second kappa shape index (κ2) is 4.34. The Hall–Kier alpha value is -1.89. The van der Waals surface area contributed by atoms with E-state index in [1.165, 1.54) is 0 Å². The zero-order chi connectivity index (χ0) is 12.7. The third kappa shape index (κ3) is 1.99. The van der Waals surface area contributed by atoms with Crippen LogP contribution in [0.3, 0.4) is 0 Å². The molecule has 0 N–H and O–H groups in total. The number of imidazole rings is 1. The predicted molar refractivity (Wildman–Crippen MR) is 66.4 cm³/mol. The lowest BCUT2D eigenvalue weighted by molar-refractivity contribution is 0.122. The molecular weight excluding hydrogens is 246 g/mol. The van der Waals surface area contributed by atoms with Crippen LogP contribution < -0.4 is 4.90 Å². The number of aromatic nitrogens is 4. The first-order valence-electron chi connectivity index (χ1n) is 6.61. The molecule has 19 heavy (non-hydrogen) atoms. The predicted octanol–water partition coefficient (Wildman–Crippen LogP) is 0.969. The van der Waals surface area contributed by atoms with E-state index in [1.807, 2.05) is 10.8 Å². The van der Waals surface area contributed by atoms with Crippen molar-refractivity contribution in [1.29, 1.82) is 0 Å². The van der Waals surface area contributed by atoms with Crippen LogP contribution in [0, 0.1) is 0 Å². The summed E-state index contributed by atoms with van der Waals surface area (Å²) in [6, 6.07) is 0. The maximum absolute atomic E-state index is 5.37. The van der Waals surface area contributed by atoms with Gasteiger partial charge in [0.15, 0.2) is 0 Å². The summed E-state index contributed by atoms with van der Waals surface area (Å²) in [6.45, 7) is 3.20. The third-order valence-electron chi connectivity index (χ3n) is 3.53. The molecule has 2 aliphatic rings. The monoisotopic (exact) mass is 261 g/mol. The van der Waals surface area contributed by atoms with Gasteiger partial charge in [-0.25, -0.2) is 4.98 Å². The van der Waals surface area contributed by atoms with E-state index in [-0.39, 0.29) is 0 Å². The molecule has 1 saturated heterocycles. The molecule has 0 bridgehead atoms. The van der Waals surface area contributed by atoms with Crippen LogP contribution in [0.5, 0.6) is 0 Å². The first-order chi connectivity index (χ1) is 9.42. The number of rotatable bonds is 3. The molecule has 0 amide bonds. The van der Waals surface area contributed by atoms with Gasteiger partial charge in [0.2, 0.25) is 5.89 Å². The third-order valence-corrected chi connectivity index (χ3v) is 3.53. The molecule has 2 aromatic heterocycles. The number of hydrogen-bond acceptors (Lipinski definition) is 6. The fourth-order valence-electron chi connectivity index (χ4n) is 2.29. The lowest BCUT2D eigenvalue weighted by Crippen LogP contribution is -2.37. The molecule has 0 spiro atoms. The van der Waals surface area contributed by atoms with Gasteiger partial charge in [-0.05, 0) is 18.0 Å². The van der Waals surface area contributed by atoms with Gasteiger partial charge in [-0.2, -0.15) is 4.98 Å². The lowest BCUT2D eigenvalue weighted by atomic mass is 10.4. The zero-order valence-electron chi connectivity index (χ0n) is 10.5. The molecule has 100 valence electrons. The van der Waals surface area contributed by atoms with Crippen LogP contribution in [0.25, 0.3) is 5.95 Å². The average Bonchev–Trinajstić information content (AvgIpc) is 3.02. The van der Waals surface area contributed by atoms with Gasteiger partial charge in [-0.15, -0.1) is 0 Å². The van der Waals surface area contributed by atoms with Gasteiger partial charge in [0.25, 0.3) is 5.95 Å². The van der Waals surface area contributed by atoms with Crippen LogP contribution in [0.4, 0.5) is 5.82 Å². The van der Waals surface area contributed by atoms with Gasteiger partial charge in [-0.3, -0.25) is 4.57 Å². The van der Waals surface area contributed by atoms with E-state index in [0.717, 1.165) is 50.9 Å². The van der Waals surface area contributed by atoms with E-state index in [1.54, 1.807) is 6.33 Å². The fraction of sp³-hybridized carbons (Fsp3) is 0.583. The van der Waals surface area contributed by atoms with E-state index in [2.05, 4.69) is 20.0 Å². The highest BCUT2D eigenvalue weighted by Crippen LogP contribution is 2.39. The van der Waals surface area contributed by atoms with Crippen molar-refractivity contribution in [2.45, 2.75) is 18.8 Å². The first kappa shape index (κ1) is 11.0. The minimum Gasteiger partial charge on any atom is -0.378 e. The Balaban J connectivity index is 1.64. The Kier molecular flexibility index (Phi) is 2.51. The highest BCUT2D eigenvalue weighted by Gasteiger charge is 2.30. The van der Waals surface area contributed by atoms with Crippen LogP contribution in [0.1, 0.15) is 24.7 Å². The quantitative estimate of drug-likeness (QED) is 0.820. The number of hydrogen-bond donors (Lipinski definition) is 0. The van der Waals surface area contributed by atoms with Crippen molar-refractivity contribution in [2.24, 2.45) is 0 Å². The summed E-state index contributed by atoms with van der Waals surface area (Å²) in [5.74, 6) is 2.78. The van der Waals surface area contributed by atoms with Crippen molar-refractivity contribution in [1.82, 2.24) is 19.7 Å². The highest BCUT2D eigenvalue weighted by atomic mass is 16.5. The molecular formula is C12H15N5O2. The zero-order valence-corrected chi connectivity index (χ0v) is 10.5. The van der Waals surface area contributed by atoms with Crippen LogP contribution in [-0.4, -0.2) is 46.0 Å². The number of nitrogens with zero attached hydrogens (tertiary/aromatic N) is 5. The number of anilines is 1. The summed E-state index contributed by atoms with van der Waals surface area (Å²) < 4.78 is 12.5. The standard InChI is InChI=1S/C12H15N5O2/c1-2-9(1)11-14-12(15-19-11)17-8-13-7-10(17)16-3-5-18-6-4-16/h7-9H,1-6H2. The van der Waals surface area contributed by atoms with Crippen molar-refractivity contribution in [3.8, 4) is 5.95 Å². The van der Waals surface area contributed by atoms with Crippen molar-refractivity contribution < 1.29 is 9.26 Å². The summed E-state index contributed by atoms with van der Waals surface area (Å²) >= 11 is 0. The summed E-state index contributed by atoms with van der Waals surface area (Å²) in [7, 11) is 0. The van der Waals surface area contributed by atoms with E-state index in [9.17, 15) is 0 Å². The Bertz CT molecular complexity index is 568. The van der Waals surface area contributed by atoms with Gasteiger partial charge < -0.3 is 14.2 Å². The largest absolute Gasteiger partial charge is 0.378 e. The van der Waals surface area contributed by atoms with Crippen molar-refractivity contribution >= 4 is 5.82 Å². The van der Waals surface area contributed by atoms with Crippen LogP contribution in [0.2, 0.25) is 0 Å². The van der Waals surface area contributed by atoms with Crippen LogP contribution in [0.15, 0.2) is 17.0 Å². The van der Waals surface area contributed by atoms with Gasteiger partial charge in [0.05, 0.1) is 19.4 Å². The average molecular weight is 261 g/mol. The fourth-order valence-corrected chi connectivity index (χ4v) is 2.29. The second-order valence-electron chi connectivity index (χ2n) is 4.93. The van der Waals surface area contributed by atoms with Gasteiger partial charge in [0.1, 0.15) is 12.1 Å². The first-order valence-corrected chi connectivity index (χ1v) is 6.61. The maximum Gasteiger partial charge on any atom is 0.277 e. The molecule has 0 radical (unpaired) electrons. The maximum atomic E-state index is 5.37. The van der Waals surface area contributed by atoms with Crippen LogP contribution >= 0.6 is 0 Å². The SMILES string of the molecule is c1ncn(-c2noc(C3CC3)n2)c1N1CCOCC1. The molecule has 1 aliphatic carbocycles. The van der Waals surface area contributed by atoms with Gasteiger partial charge in [-0.1, -0.05) is 0 Å². The summed E-state index contributed by atoms with van der Waals surface area (Å²) in [5.41, 5.74) is 0. The minimum absolute atomic E-state index is 0.469. The van der Waals surface area contributed by atoms with Crippen LogP contribution in [-0.2, 0) is 4.74 Å². The summed E-state index contributed by atoms with van der Waals surface area (Å²) in [5, 5.41) is 4.05. The molecule has 1 aliphatic heterocycles. The lowest BCUT2D eigenvalue weighted by Gasteiger charge is -2.28. The van der Waals surface area contributed by atoms with Crippen molar-refractivity contribution in [3.05, 3.63) is 18.4 Å². The van der Waals surface area contributed by atoms with Crippen molar-refractivity contribution in [3.63, 3.8) is 0 Å². The Morgan fingerprint density at radius 2 is 2.05 bits per heavy atom. The summed E-state index contributed by atoms with van der Waals surface area (Å²) in [4.78, 5) is 10.9. The van der Waals surface area contributed by atoms with E-state index in [4.69, 9.17) is 9.26 Å². The smallest absolute Gasteiger partial charge is 0.277 e. The van der Waals surface area contributed by atoms with E-state index >= 15 is 0 Å². The Morgan fingerprint density at radius 1 is 1.21 bits per heavy atom. The normalized spacial score (nSPS) is 19.9. The van der Waals surface area contributed by atoms with Crippen molar-refractivity contribution in [2.75, 3.05) is 31.2 Å². The Morgan fingerprint density at radius 3 is 2.84 bits per heavy atom. The van der Waals surface area contributed by atoms with Gasteiger partial charge >= 0.3 is 0 Å². The second-order valence-corrected chi connectivity index (χ2v) is 4.93. The molecule has 1 saturated carbocycles. The molecule has 3 heterocycles. The molecule has 7 heteroatoms. The number of ether oxygens (including phenoxy) is 1. The minimum atomic E-state index is 0.469. The summed E-state index contributed by atoms with van der Waals surface area (Å²) in [6.07, 6.45) is 5.87. The Labute approximate surface area is 110 Å². The molecule has 2 fully saturated rings. The van der Waals surface area contributed by atoms with E-state index in [0.29, 0.717) is 11.9 Å². The van der Waals surface area contributed by atoms with Gasteiger partial charge in [0, 0.05) is 19.0 Å². The number of morpholine rings is 1. The molecule has 4 rings (SSSR count). The molecule has 0 atom stereocenters. The topological polar surface area (TPSA) is 69.2 Å². The molecule has 0 unspecified atom stereocenters.